The Labute approximate surface area is 122 Å². The van der Waals surface area contributed by atoms with Crippen LogP contribution >= 0.6 is 0 Å². The van der Waals surface area contributed by atoms with Gasteiger partial charge in [-0.05, 0) is 39.3 Å². The summed E-state index contributed by atoms with van der Waals surface area (Å²) >= 11 is 0. The number of nitrogens with zero attached hydrogens (tertiary/aromatic N) is 2. The minimum Gasteiger partial charge on any atom is -0.391 e. The topological polar surface area (TPSA) is 48.0 Å². The monoisotopic (exact) mass is 283 g/mol. The molecule has 2 unspecified atom stereocenters. The standard InChI is InChI=1S/C15H29N3O2/c1-15(2,3)20-14(19)18-10-8-17(9-11-18)12-13-4-6-16-7-5-13/h4,6,13-14,16,19H,5,7-12H2,1-3H3. The number of piperazine rings is 1. The molecule has 0 saturated carbocycles. The number of rotatable bonds is 4. The van der Waals surface area contributed by atoms with E-state index in [4.69, 9.17) is 4.74 Å². The van der Waals surface area contributed by atoms with Gasteiger partial charge in [-0.2, -0.15) is 0 Å². The van der Waals surface area contributed by atoms with E-state index in [0.717, 1.165) is 39.3 Å². The Balaban J connectivity index is 1.71. The van der Waals surface area contributed by atoms with Crippen molar-refractivity contribution < 1.29 is 9.84 Å². The summed E-state index contributed by atoms with van der Waals surface area (Å²) in [6.07, 6.45) is 4.78. The Hall–Kier alpha value is -0.620. The van der Waals surface area contributed by atoms with Crippen molar-refractivity contribution in [3.05, 3.63) is 12.3 Å². The molecule has 0 aliphatic carbocycles. The molecule has 0 aromatic rings. The lowest BCUT2D eigenvalue weighted by Crippen LogP contribution is -2.53. The van der Waals surface area contributed by atoms with Gasteiger partial charge in [0.05, 0.1) is 5.60 Å². The molecular weight excluding hydrogens is 254 g/mol. The van der Waals surface area contributed by atoms with Gasteiger partial charge < -0.3 is 20.1 Å². The molecular formula is C15H29N3O2. The van der Waals surface area contributed by atoms with E-state index in [0.29, 0.717) is 5.92 Å². The zero-order valence-corrected chi connectivity index (χ0v) is 13.0. The molecule has 1 saturated heterocycles. The third-order valence-electron chi connectivity index (χ3n) is 3.82. The second kappa shape index (κ2) is 6.89. The van der Waals surface area contributed by atoms with Gasteiger partial charge in [-0.1, -0.05) is 6.08 Å². The van der Waals surface area contributed by atoms with Gasteiger partial charge in [0.1, 0.15) is 0 Å². The lowest BCUT2D eigenvalue weighted by molar-refractivity contribution is -0.244. The average Bonchev–Trinajstić information content (AvgIpc) is 2.39. The molecule has 5 nitrogen and oxygen atoms in total. The van der Waals surface area contributed by atoms with Crippen molar-refractivity contribution in [2.45, 2.75) is 39.2 Å². The Morgan fingerprint density at radius 2 is 2.00 bits per heavy atom. The lowest BCUT2D eigenvalue weighted by atomic mass is 10.0. The first-order valence-corrected chi connectivity index (χ1v) is 7.66. The first-order valence-electron chi connectivity index (χ1n) is 7.66. The van der Waals surface area contributed by atoms with Crippen LogP contribution in [0.5, 0.6) is 0 Å². The molecule has 2 rings (SSSR count). The van der Waals surface area contributed by atoms with E-state index in [2.05, 4.69) is 22.5 Å². The van der Waals surface area contributed by atoms with Crippen LogP contribution in [0.15, 0.2) is 12.3 Å². The molecule has 2 heterocycles. The van der Waals surface area contributed by atoms with Gasteiger partial charge >= 0.3 is 0 Å². The molecule has 0 spiro atoms. The van der Waals surface area contributed by atoms with Gasteiger partial charge in [0.25, 0.3) is 0 Å². The van der Waals surface area contributed by atoms with Crippen molar-refractivity contribution in [1.82, 2.24) is 15.1 Å². The van der Waals surface area contributed by atoms with Crippen molar-refractivity contribution in [2.24, 2.45) is 5.92 Å². The van der Waals surface area contributed by atoms with E-state index < -0.39 is 6.41 Å². The SMILES string of the molecule is CC(C)(C)OC(O)N1CCN(CC2C=CNCC2)CC1. The maximum atomic E-state index is 10.1. The second-order valence-corrected chi connectivity index (χ2v) is 6.76. The summed E-state index contributed by atoms with van der Waals surface area (Å²) in [4.78, 5) is 4.50. The van der Waals surface area contributed by atoms with Crippen LogP contribution in [0.3, 0.4) is 0 Å². The van der Waals surface area contributed by atoms with E-state index in [1.165, 1.54) is 6.42 Å². The van der Waals surface area contributed by atoms with Crippen LogP contribution in [0.1, 0.15) is 27.2 Å². The van der Waals surface area contributed by atoms with Gasteiger partial charge in [-0.25, -0.2) is 0 Å². The van der Waals surface area contributed by atoms with Crippen LogP contribution < -0.4 is 5.32 Å². The Bertz CT molecular complexity index is 320. The fourth-order valence-corrected chi connectivity index (χ4v) is 2.69. The number of hydrogen-bond acceptors (Lipinski definition) is 5. The summed E-state index contributed by atoms with van der Waals surface area (Å²) < 4.78 is 5.61. The molecule has 20 heavy (non-hydrogen) atoms. The zero-order valence-electron chi connectivity index (χ0n) is 13.0. The Morgan fingerprint density at radius 3 is 2.55 bits per heavy atom. The lowest BCUT2D eigenvalue weighted by Gasteiger charge is -2.39. The quantitative estimate of drug-likeness (QED) is 0.748. The van der Waals surface area contributed by atoms with E-state index in [1.807, 2.05) is 25.7 Å². The minimum absolute atomic E-state index is 0.309. The number of ether oxygens (including phenoxy) is 1. The van der Waals surface area contributed by atoms with Gasteiger partial charge in [0, 0.05) is 39.3 Å². The first-order chi connectivity index (χ1) is 9.44. The molecule has 1 fully saturated rings. The minimum atomic E-state index is -0.782. The van der Waals surface area contributed by atoms with Crippen LogP contribution in [-0.4, -0.2) is 66.2 Å². The summed E-state index contributed by atoms with van der Waals surface area (Å²) in [6.45, 7) is 11.9. The number of aliphatic hydroxyl groups is 1. The maximum absolute atomic E-state index is 10.1. The molecule has 0 aromatic heterocycles. The summed E-state index contributed by atoms with van der Waals surface area (Å²) in [7, 11) is 0. The normalized spacial score (nSPS) is 27.3. The first kappa shape index (κ1) is 15.8. The average molecular weight is 283 g/mol. The summed E-state index contributed by atoms with van der Waals surface area (Å²) in [5, 5.41) is 13.3. The van der Waals surface area contributed by atoms with Crippen LogP contribution in [0, 0.1) is 5.92 Å². The molecule has 2 atom stereocenters. The van der Waals surface area contributed by atoms with Crippen molar-refractivity contribution in [2.75, 3.05) is 39.3 Å². The van der Waals surface area contributed by atoms with Crippen molar-refractivity contribution in [3.8, 4) is 0 Å². The summed E-state index contributed by atoms with van der Waals surface area (Å²) in [5.41, 5.74) is -0.309. The number of aliphatic hydroxyl groups excluding tert-OH is 1. The molecule has 0 amide bonds. The zero-order chi connectivity index (χ0) is 14.6. The predicted octanol–water partition coefficient (Wildman–Crippen LogP) is 0.818. The van der Waals surface area contributed by atoms with Gasteiger partial charge in [0.2, 0.25) is 6.41 Å². The highest BCUT2D eigenvalue weighted by atomic mass is 16.6. The van der Waals surface area contributed by atoms with Crippen molar-refractivity contribution in [1.29, 1.82) is 0 Å². The fourth-order valence-electron chi connectivity index (χ4n) is 2.69. The van der Waals surface area contributed by atoms with E-state index in [9.17, 15) is 5.11 Å². The molecule has 2 aliphatic heterocycles. The summed E-state index contributed by atoms with van der Waals surface area (Å²) in [5.74, 6) is 0.665. The van der Waals surface area contributed by atoms with Gasteiger partial charge in [0.15, 0.2) is 0 Å². The van der Waals surface area contributed by atoms with Crippen LogP contribution in [0.4, 0.5) is 0 Å². The fraction of sp³-hybridized carbons (Fsp3) is 0.867. The van der Waals surface area contributed by atoms with E-state index in [1.54, 1.807) is 0 Å². The highest BCUT2D eigenvalue weighted by Crippen LogP contribution is 2.16. The molecule has 2 aliphatic rings. The number of hydrogen-bond donors (Lipinski definition) is 2. The van der Waals surface area contributed by atoms with Crippen LogP contribution in [0.2, 0.25) is 0 Å². The predicted molar refractivity (Wildman–Crippen MR) is 80.1 cm³/mol. The van der Waals surface area contributed by atoms with Gasteiger partial charge in [-0.3, -0.25) is 4.90 Å². The largest absolute Gasteiger partial charge is 0.391 e. The van der Waals surface area contributed by atoms with Crippen LogP contribution in [0.25, 0.3) is 0 Å². The number of nitrogens with one attached hydrogen (secondary N) is 1. The van der Waals surface area contributed by atoms with Crippen molar-refractivity contribution in [3.63, 3.8) is 0 Å². The molecule has 2 N–H and O–H groups in total. The molecule has 0 aromatic carbocycles. The Kier molecular flexibility index (Phi) is 5.43. The third kappa shape index (κ3) is 5.05. The summed E-state index contributed by atoms with van der Waals surface area (Å²) in [6, 6.07) is 0. The Morgan fingerprint density at radius 1 is 1.30 bits per heavy atom. The molecule has 0 radical (unpaired) electrons. The van der Waals surface area contributed by atoms with Crippen LogP contribution in [-0.2, 0) is 4.74 Å². The highest BCUT2D eigenvalue weighted by molar-refractivity contribution is 4.93. The molecule has 0 bridgehead atoms. The highest BCUT2D eigenvalue weighted by Gasteiger charge is 2.27. The second-order valence-electron chi connectivity index (χ2n) is 6.76. The molecule has 116 valence electrons. The van der Waals surface area contributed by atoms with E-state index in [-0.39, 0.29) is 5.60 Å². The third-order valence-corrected chi connectivity index (χ3v) is 3.82. The van der Waals surface area contributed by atoms with E-state index >= 15 is 0 Å². The van der Waals surface area contributed by atoms with Crippen molar-refractivity contribution >= 4 is 0 Å². The maximum Gasteiger partial charge on any atom is 0.216 e. The van der Waals surface area contributed by atoms with Gasteiger partial charge in [-0.15, -0.1) is 0 Å². The molecule has 5 heteroatoms. The smallest absolute Gasteiger partial charge is 0.216 e.